The van der Waals surface area contributed by atoms with E-state index in [1.165, 1.54) is 10.6 Å². The van der Waals surface area contributed by atoms with Gasteiger partial charge < -0.3 is 4.74 Å². The lowest BCUT2D eigenvalue weighted by molar-refractivity contribution is 0.111. The zero-order chi connectivity index (χ0) is 26.8. The van der Waals surface area contributed by atoms with E-state index in [9.17, 15) is 14.4 Å². The molecule has 3 aromatic heterocycles. The molecule has 8 heteroatoms. The first-order chi connectivity index (χ1) is 18.5. The Kier molecular flexibility index (Phi) is 6.85. The van der Waals surface area contributed by atoms with E-state index in [4.69, 9.17) is 16.3 Å². The molecule has 2 aromatic carbocycles. The van der Waals surface area contributed by atoms with Crippen molar-refractivity contribution in [2.75, 3.05) is 6.61 Å². The summed E-state index contributed by atoms with van der Waals surface area (Å²) in [6, 6.07) is 18.7. The summed E-state index contributed by atoms with van der Waals surface area (Å²) in [6.45, 7) is 4.23. The van der Waals surface area contributed by atoms with Crippen molar-refractivity contribution in [2.24, 2.45) is 0 Å². The normalized spacial score (nSPS) is 10.9. The van der Waals surface area contributed by atoms with Gasteiger partial charge in [0.15, 0.2) is 12.6 Å². The number of nitrogens with zero attached hydrogens (tertiary/aromatic N) is 3. The summed E-state index contributed by atoms with van der Waals surface area (Å²) in [4.78, 5) is 43.7. The predicted octanol–water partition coefficient (Wildman–Crippen LogP) is 6.08. The molecule has 188 valence electrons. The molecule has 0 saturated heterocycles. The second kappa shape index (κ2) is 10.4. The van der Waals surface area contributed by atoms with Crippen LogP contribution >= 0.6 is 11.6 Å². The highest BCUT2D eigenvalue weighted by atomic mass is 35.5. The van der Waals surface area contributed by atoms with Gasteiger partial charge in [0.2, 0.25) is 5.88 Å². The molecule has 5 rings (SSSR count). The fourth-order valence-corrected chi connectivity index (χ4v) is 4.78. The molecule has 5 aromatic rings. The monoisotopic (exact) mass is 523 g/mol. The molecule has 0 atom stereocenters. The van der Waals surface area contributed by atoms with Gasteiger partial charge in [0.1, 0.15) is 5.65 Å². The number of fused-ring (bicyclic) bond motifs is 1. The van der Waals surface area contributed by atoms with Crippen molar-refractivity contribution < 1.29 is 14.3 Å². The molecule has 0 fully saturated rings. The minimum absolute atomic E-state index is 0.00613. The van der Waals surface area contributed by atoms with E-state index < -0.39 is 5.56 Å². The van der Waals surface area contributed by atoms with Crippen LogP contribution in [0.15, 0.2) is 77.9 Å². The summed E-state index contributed by atoms with van der Waals surface area (Å²) in [5.74, 6) is 0.268. The van der Waals surface area contributed by atoms with Crippen molar-refractivity contribution in [3.63, 3.8) is 0 Å². The molecule has 0 bridgehead atoms. The van der Waals surface area contributed by atoms with Gasteiger partial charge in [-0.25, -0.2) is 9.97 Å². The standard InChI is InChI=1S/C30H22ClN3O4/c1-3-38-29-20(16-35)10-11-26(33-29)25-9-5-8-24(28(25)31)23-7-4-6-22(18(23)2)19-12-13-34-27(14-19)32-15-21(17-36)30(34)37/h4-17H,3H2,1-2H3. The molecule has 38 heavy (non-hydrogen) atoms. The van der Waals surface area contributed by atoms with Gasteiger partial charge in [-0.05, 0) is 60.4 Å². The number of aromatic nitrogens is 3. The number of hydrogen-bond donors (Lipinski definition) is 0. The van der Waals surface area contributed by atoms with Crippen LogP contribution < -0.4 is 10.3 Å². The van der Waals surface area contributed by atoms with Crippen LogP contribution in [0.4, 0.5) is 0 Å². The van der Waals surface area contributed by atoms with Crippen molar-refractivity contribution >= 4 is 29.8 Å². The Hall–Kier alpha value is -4.62. The fraction of sp³-hybridized carbons (Fsp3) is 0.100. The Morgan fingerprint density at radius 1 is 0.921 bits per heavy atom. The smallest absolute Gasteiger partial charge is 0.268 e. The molecule has 3 heterocycles. The minimum Gasteiger partial charge on any atom is -0.477 e. The second-order valence-corrected chi connectivity index (χ2v) is 8.95. The van der Waals surface area contributed by atoms with Crippen molar-refractivity contribution in [1.29, 1.82) is 0 Å². The zero-order valence-electron chi connectivity index (χ0n) is 20.6. The van der Waals surface area contributed by atoms with Crippen LogP contribution in [0, 0.1) is 6.92 Å². The third-order valence-corrected chi connectivity index (χ3v) is 6.78. The molecule has 0 aliphatic heterocycles. The van der Waals surface area contributed by atoms with Gasteiger partial charge in [0, 0.05) is 23.5 Å². The Morgan fingerprint density at radius 3 is 2.37 bits per heavy atom. The van der Waals surface area contributed by atoms with E-state index >= 15 is 0 Å². The number of carbonyl (C=O) groups excluding carboxylic acids is 2. The van der Waals surface area contributed by atoms with E-state index in [0.29, 0.717) is 46.7 Å². The van der Waals surface area contributed by atoms with Crippen LogP contribution in [0.2, 0.25) is 5.02 Å². The van der Waals surface area contributed by atoms with Gasteiger partial charge in [-0.2, -0.15) is 0 Å². The molecule has 0 saturated carbocycles. The first-order valence-electron chi connectivity index (χ1n) is 11.9. The van der Waals surface area contributed by atoms with Gasteiger partial charge in [-0.3, -0.25) is 18.8 Å². The minimum atomic E-state index is -0.409. The van der Waals surface area contributed by atoms with E-state index in [1.54, 1.807) is 18.3 Å². The van der Waals surface area contributed by atoms with Crippen LogP contribution in [0.3, 0.4) is 0 Å². The average Bonchev–Trinajstić information content (AvgIpc) is 2.94. The number of pyridine rings is 2. The van der Waals surface area contributed by atoms with Crippen LogP contribution in [0.25, 0.3) is 39.2 Å². The number of aldehydes is 2. The number of benzene rings is 2. The zero-order valence-corrected chi connectivity index (χ0v) is 21.4. The van der Waals surface area contributed by atoms with Crippen LogP contribution in [-0.2, 0) is 0 Å². The van der Waals surface area contributed by atoms with E-state index in [-0.39, 0.29) is 11.4 Å². The Balaban J connectivity index is 1.61. The Labute approximate surface area is 223 Å². The fourth-order valence-electron chi connectivity index (χ4n) is 4.46. The summed E-state index contributed by atoms with van der Waals surface area (Å²) < 4.78 is 6.90. The van der Waals surface area contributed by atoms with Crippen molar-refractivity contribution in [2.45, 2.75) is 13.8 Å². The summed E-state index contributed by atoms with van der Waals surface area (Å²) >= 11 is 6.95. The third kappa shape index (κ3) is 4.37. The summed E-state index contributed by atoms with van der Waals surface area (Å²) in [5, 5.41) is 0.523. The Morgan fingerprint density at radius 2 is 1.63 bits per heavy atom. The van der Waals surface area contributed by atoms with Gasteiger partial charge in [-0.1, -0.05) is 48.0 Å². The first-order valence-corrected chi connectivity index (χ1v) is 12.3. The van der Waals surface area contributed by atoms with Crippen molar-refractivity contribution in [3.05, 3.63) is 105 Å². The quantitative estimate of drug-likeness (QED) is 0.240. The number of ether oxygens (including phenoxy) is 1. The maximum atomic E-state index is 12.4. The lowest BCUT2D eigenvalue weighted by Gasteiger charge is -2.16. The van der Waals surface area contributed by atoms with Gasteiger partial charge in [0.25, 0.3) is 5.56 Å². The molecule has 0 amide bonds. The largest absolute Gasteiger partial charge is 0.477 e. The maximum absolute atomic E-state index is 12.4. The van der Waals surface area contributed by atoms with E-state index in [2.05, 4.69) is 9.97 Å². The van der Waals surface area contributed by atoms with E-state index in [1.807, 2.05) is 62.4 Å². The topological polar surface area (TPSA) is 90.6 Å². The number of rotatable bonds is 7. The highest BCUT2D eigenvalue weighted by Crippen LogP contribution is 2.40. The van der Waals surface area contributed by atoms with Crippen LogP contribution in [-0.4, -0.2) is 33.5 Å². The number of carbonyl (C=O) groups is 2. The van der Waals surface area contributed by atoms with Crippen molar-refractivity contribution in [3.8, 4) is 39.4 Å². The molecule has 7 nitrogen and oxygen atoms in total. The number of hydrogen-bond acceptors (Lipinski definition) is 6. The molecular formula is C30H22ClN3O4. The molecule has 0 radical (unpaired) electrons. The van der Waals surface area contributed by atoms with Gasteiger partial charge >= 0.3 is 0 Å². The number of halogens is 1. The lowest BCUT2D eigenvalue weighted by atomic mass is 9.92. The highest BCUT2D eigenvalue weighted by molar-refractivity contribution is 6.36. The molecule has 0 N–H and O–H groups in total. The molecule has 0 spiro atoms. The predicted molar refractivity (Wildman–Crippen MR) is 147 cm³/mol. The summed E-state index contributed by atoms with van der Waals surface area (Å²) in [5.41, 5.74) is 6.30. The SMILES string of the molecule is CCOc1nc(-c2cccc(-c3cccc(-c4ccn5c(=O)c(C=O)cnc5c4)c3C)c2Cl)ccc1C=O. The lowest BCUT2D eigenvalue weighted by Crippen LogP contribution is -2.18. The Bertz CT molecular complexity index is 1780. The maximum Gasteiger partial charge on any atom is 0.268 e. The molecular weight excluding hydrogens is 502 g/mol. The van der Waals surface area contributed by atoms with Crippen LogP contribution in [0.1, 0.15) is 33.2 Å². The summed E-state index contributed by atoms with van der Waals surface area (Å²) in [7, 11) is 0. The third-order valence-electron chi connectivity index (χ3n) is 6.37. The molecule has 0 unspecified atom stereocenters. The van der Waals surface area contributed by atoms with E-state index in [0.717, 1.165) is 27.8 Å². The second-order valence-electron chi connectivity index (χ2n) is 8.57. The average molecular weight is 524 g/mol. The van der Waals surface area contributed by atoms with Crippen LogP contribution in [0.5, 0.6) is 5.88 Å². The highest BCUT2D eigenvalue weighted by Gasteiger charge is 2.16. The first kappa shape index (κ1) is 25.0. The molecule has 0 aliphatic carbocycles. The molecule has 0 aliphatic rings. The van der Waals surface area contributed by atoms with Gasteiger partial charge in [-0.15, -0.1) is 0 Å². The van der Waals surface area contributed by atoms with Gasteiger partial charge in [0.05, 0.1) is 28.5 Å². The summed E-state index contributed by atoms with van der Waals surface area (Å²) in [6.07, 6.45) is 4.13. The van der Waals surface area contributed by atoms with Crippen molar-refractivity contribution in [1.82, 2.24) is 14.4 Å².